The van der Waals surface area contributed by atoms with Crippen LogP contribution in [0.4, 0.5) is 0 Å². The second kappa shape index (κ2) is 3.19. The first-order valence-electron chi connectivity index (χ1n) is 4.24. The van der Waals surface area contributed by atoms with Crippen molar-refractivity contribution >= 4 is 5.97 Å². The molecule has 2 aromatic rings. The molecule has 0 radical (unpaired) electrons. The molecular formula is C8H9N5O2. The predicted octanol–water partition coefficient (Wildman–Crippen LogP) is 0.00742. The van der Waals surface area contributed by atoms with Gasteiger partial charge in [0.15, 0.2) is 5.69 Å². The molecule has 1 N–H and O–H groups in total. The number of carbonyl (C=O) groups is 1. The Hall–Kier alpha value is -2.18. The van der Waals surface area contributed by atoms with Gasteiger partial charge < -0.3 is 9.67 Å². The third-order valence-corrected chi connectivity index (χ3v) is 1.98. The van der Waals surface area contributed by atoms with Crippen molar-refractivity contribution < 1.29 is 9.90 Å². The Balaban J connectivity index is 2.54. The van der Waals surface area contributed by atoms with E-state index in [1.807, 2.05) is 0 Å². The summed E-state index contributed by atoms with van der Waals surface area (Å²) in [6.45, 7) is 1.76. The van der Waals surface area contributed by atoms with E-state index >= 15 is 0 Å². The van der Waals surface area contributed by atoms with Crippen LogP contribution in [0.25, 0.3) is 5.95 Å². The second-order valence-corrected chi connectivity index (χ2v) is 3.13. The number of rotatable bonds is 2. The van der Waals surface area contributed by atoms with Gasteiger partial charge in [0.25, 0.3) is 5.95 Å². The van der Waals surface area contributed by atoms with E-state index in [2.05, 4.69) is 15.3 Å². The molecule has 0 saturated heterocycles. The molecule has 2 heterocycles. The van der Waals surface area contributed by atoms with Crippen molar-refractivity contribution in [3.63, 3.8) is 0 Å². The van der Waals surface area contributed by atoms with Crippen LogP contribution in [0.15, 0.2) is 12.4 Å². The Morgan fingerprint density at radius 3 is 2.73 bits per heavy atom. The molecule has 0 fully saturated rings. The fourth-order valence-electron chi connectivity index (χ4n) is 1.25. The highest BCUT2D eigenvalue weighted by Gasteiger charge is 2.14. The summed E-state index contributed by atoms with van der Waals surface area (Å²) in [5.74, 6) is -0.570. The van der Waals surface area contributed by atoms with E-state index in [9.17, 15) is 4.79 Å². The summed E-state index contributed by atoms with van der Waals surface area (Å²) < 4.78 is 3.10. The topological polar surface area (TPSA) is 85.8 Å². The highest BCUT2D eigenvalue weighted by Crippen LogP contribution is 2.08. The standard InChI is InChI=1S/C8H9N5O2/c1-5-3-6(7(14)15)11-13(5)8-10-9-4-12(8)2/h3-4H,1-2H3,(H,14,15). The van der Waals surface area contributed by atoms with Crippen LogP contribution in [-0.4, -0.2) is 35.6 Å². The van der Waals surface area contributed by atoms with E-state index in [0.717, 1.165) is 0 Å². The molecule has 7 nitrogen and oxygen atoms in total. The maximum atomic E-state index is 10.7. The quantitative estimate of drug-likeness (QED) is 0.749. The van der Waals surface area contributed by atoms with Gasteiger partial charge in [-0.15, -0.1) is 10.2 Å². The van der Waals surface area contributed by atoms with Crippen LogP contribution < -0.4 is 0 Å². The number of aromatic nitrogens is 5. The van der Waals surface area contributed by atoms with Crippen LogP contribution >= 0.6 is 0 Å². The van der Waals surface area contributed by atoms with Crippen LogP contribution in [-0.2, 0) is 7.05 Å². The molecule has 0 amide bonds. The number of carboxylic acid groups (broad SMARTS) is 1. The average Bonchev–Trinajstić information content (AvgIpc) is 2.71. The van der Waals surface area contributed by atoms with Gasteiger partial charge >= 0.3 is 5.97 Å². The Kier molecular flexibility index (Phi) is 2.00. The molecule has 2 rings (SSSR count). The molecule has 0 aliphatic rings. The van der Waals surface area contributed by atoms with Gasteiger partial charge in [-0.1, -0.05) is 0 Å². The van der Waals surface area contributed by atoms with E-state index in [4.69, 9.17) is 5.11 Å². The monoisotopic (exact) mass is 207 g/mol. The summed E-state index contributed by atoms with van der Waals surface area (Å²) >= 11 is 0. The van der Waals surface area contributed by atoms with Crippen molar-refractivity contribution in [2.75, 3.05) is 0 Å². The van der Waals surface area contributed by atoms with Crippen LogP contribution in [0.1, 0.15) is 16.2 Å². The van der Waals surface area contributed by atoms with E-state index in [1.54, 1.807) is 18.5 Å². The van der Waals surface area contributed by atoms with Crippen LogP contribution in [0.5, 0.6) is 0 Å². The fraction of sp³-hybridized carbons (Fsp3) is 0.250. The maximum Gasteiger partial charge on any atom is 0.356 e. The fourth-order valence-corrected chi connectivity index (χ4v) is 1.25. The van der Waals surface area contributed by atoms with Crippen molar-refractivity contribution in [1.29, 1.82) is 0 Å². The van der Waals surface area contributed by atoms with E-state index in [0.29, 0.717) is 11.6 Å². The molecule has 2 aromatic heterocycles. The molecule has 0 aliphatic heterocycles. The second-order valence-electron chi connectivity index (χ2n) is 3.13. The number of hydrogen-bond donors (Lipinski definition) is 1. The summed E-state index contributed by atoms with van der Waals surface area (Å²) in [6.07, 6.45) is 1.52. The first kappa shape index (κ1) is 9.38. The van der Waals surface area contributed by atoms with E-state index in [-0.39, 0.29) is 5.69 Å². The van der Waals surface area contributed by atoms with E-state index < -0.39 is 5.97 Å². The van der Waals surface area contributed by atoms with Gasteiger partial charge in [-0.2, -0.15) is 5.10 Å². The number of hydrogen-bond acceptors (Lipinski definition) is 4. The van der Waals surface area contributed by atoms with Gasteiger partial charge in [0.1, 0.15) is 6.33 Å². The van der Waals surface area contributed by atoms with Crippen LogP contribution in [0.3, 0.4) is 0 Å². The molecule has 78 valence electrons. The summed E-state index contributed by atoms with van der Waals surface area (Å²) in [4.78, 5) is 10.7. The molecule has 15 heavy (non-hydrogen) atoms. The zero-order valence-electron chi connectivity index (χ0n) is 8.25. The van der Waals surface area contributed by atoms with Gasteiger partial charge in [0.2, 0.25) is 0 Å². The number of aromatic carboxylic acids is 1. The molecule has 0 bridgehead atoms. The van der Waals surface area contributed by atoms with Crippen molar-refractivity contribution in [2.45, 2.75) is 6.92 Å². The van der Waals surface area contributed by atoms with Crippen molar-refractivity contribution in [1.82, 2.24) is 24.5 Å². The molecule has 0 aromatic carbocycles. The highest BCUT2D eigenvalue weighted by molar-refractivity contribution is 5.85. The minimum absolute atomic E-state index is 0.00417. The average molecular weight is 207 g/mol. The minimum Gasteiger partial charge on any atom is -0.476 e. The lowest BCUT2D eigenvalue weighted by atomic mass is 10.4. The first-order valence-corrected chi connectivity index (χ1v) is 4.24. The number of nitrogens with zero attached hydrogens (tertiary/aromatic N) is 5. The Morgan fingerprint density at radius 1 is 1.53 bits per heavy atom. The maximum absolute atomic E-state index is 10.7. The van der Waals surface area contributed by atoms with Crippen molar-refractivity contribution in [3.8, 4) is 5.95 Å². The zero-order chi connectivity index (χ0) is 11.0. The van der Waals surface area contributed by atoms with Crippen LogP contribution in [0.2, 0.25) is 0 Å². The Morgan fingerprint density at radius 2 is 2.27 bits per heavy atom. The number of carboxylic acids is 1. The lowest BCUT2D eigenvalue weighted by molar-refractivity contribution is 0.0690. The molecule has 0 saturated carbocycles. The van der Waals surface area contributed by atoms with Gasteiger partial charge in [-0.3, -0.25) is 0 Å². The molecule has 0 spiro atoms. The molecule has 0 unspecified atom stereocenters. The zero-order valence-corrected chi connectivity index (χ0v) is 8.25. The lowest BCUT2D eigenvalue weighted by Gasteiger charge is -2.00. The predicted molar refractivity (Wildman–Crippen MR) is 49.8 cm³/mol. The summed E-state index contributed by atoms with van der Waals surface area (Å²) in [5.41, 5.74) is 0.694. The SMILES string of the molecule is Cc1cc(C(=O)O)nn1-c1nncn1C. The third kappa shape index (κ3) is 1.47. The normalized spacial score (nSPS) is 10.5. The third-order valence-electron chi connectivity index (χ3n) is 1.98. The van der Waals surface area contributed by atoms with Gasteiger partial charge in [-0.05, 0) is 13.0 Å². The smallest absolute Gasteiger partial charge is 0.356 e. The van der Waals surface area contributed by atoms with E-state index in [1.165, 1.54) is 17.1 Å². The number of aryl methyl sites for hydroxylation is 2. The first-order chi connectivity index (χ1) is 7.09. The van der Waals surface area contributed by atoms with Crippen molar-refractivity contribution in [3.05, 3.63) is 23.8 Å². The largest absolute Gasteiger partial charge is 0.476 e. The van der Waals surface area contributed by atoms with Gasteiger partial charge in [-0.25, -0.2) is 9.48 Å². The minimum atomic E-state index is -1.06. The Labute approximate surface area is 85.0 Å². The lowest BCUT2D eigenvalue weighted by Crippen LogP contribution is -2.07. The Bertz CT molecular complexity index is 513. The van der Waals surface area contributed by atoms with Crippen LogP contribution in [0, 0.1) is 6.92 Å². The summed E-state index contributed by atoms with van der Waals surface area (Å²) in [7, 11) is 1.76. The molecule has 7 heteroatoms. The molecular weight excluding hydrogens is 198 g/mol. The molecule has 0 aliphatic carbocycles. The summed E-state index contributed by atoms with van der Waals surface area (Å²) in [6, 6.07) is 1.48. The highest BCUT2D eigenvalue weighted by atomic mass is 16.4. The molecule has 0 atom stereocenters. The van der Waals surface area contributed by atoms with Crippen molar-refractivity contribution in [2.24, 2.45) is 7.05 Å². The van der Waals surface area contributed by atoms with Gasteiger partial charge in [0, 0.05) is 12.7 Å². The van der Waals surface area contributed by atoms with Gasteiger partial charge in [0.05, 0.1) is 0 Å². The summed E-state index contributed by atoms with van der Waals surface area (Å²) in [5, 5.41) is 20.2.